The fraction of sp³-hybridized carbons (Fsp3) is 0.238. The van der Waals surface area contributed by atoms with Crippen molar-refractivity contribution < 1.29 is 4.79 Å². The Morgan fingerprint density at radius 2 is 1.68 bits per heavy atom. The number of aromatic nitrogens is 2. The third kappa shape index (κ3) is 3.20. The van der Waals surface area contributed by atoms with E-state index in [9.17, 15) is 4.79 Å². The van der Waals surface area contributed by atoms with Crippen LogP contribution in [0.15, 0.2) is 66.9 Å². The third-order valence-corrected chi connectivity index (χ3v) is 4.69. The van der Waals surface area contributed by atoms with Crippen molar-refractivity contribution in [2.45, 2.75) is 19.3 Å². The van der Waals surface area contributed by atoms with Gasteiger partial charge < -0.3 is 4.90 Å². The molecule has 0 radical (unpaired) electrons. The average molecular weight is 331 g/mol. The monoisotopic (exact) mass is 331 g/mol. The van der Waals surface area contributed by atoms with Gasteiger partial charge in [0.05, 0.1) is 17.6 Å². The number of benzene rings is 2. The molecule has 1 aliphatic heterocycles. The number of rotatable bonds is 3. The van der Waals surface area contributed by atoms with Crippen LogP contribution >= 0.6 is 0 Å². The van der Waals surface area contributed by atoms with Crippen LogP contribution in [0.25, 0.3) is 16.9 Å². The molecule has 4 rings (SSSR count). The van der Waals surface area contributed by atoms with Gasteiger partial charge in [0, 0.05) is 24.2 Å². The molecule has 0 N–H and O–H groups in total. The van der Waals surface area contributed by atoms with Gasteiger partial charge in [-0.3, -0.25) is 4.79 Å². The fourth-order valence-corrected chi connectivity index (χ4v) is 3.39. The summed E-state index contributed by atoms with van der Waals surface area (Å²) in [4.78, 5) is 14.7. The van der Waals surface area contributed by atoms with Crippen LogP contribution in [0.2, 0.25) is 0 Å². The minimum atomic E-state index is 0.120. The smallest absolute Gasteiger partial charge is 0.253 e. The maximum Gasteiger partial charge on any atom is 0.253 e. The van der Waals surface area contributed by atoms with E-state index in [-0.39, 0.29) is 5.91 Å². The summed E-state index contributed by atoms with van der Waals surface area (Å²) in [7, 11) is 0. The van der Waals surface area contributed by atoms with Crippen molar-refractivity contribution in [3.05, 3.63) is 72.4 Å². The minimum Gasteiger partial charge on any atom is -0.339 e. The number of hydrogen-bond acceptors (Lipinski definition) is 2. The number of carbonyl (C=O) groups is 1. The first-order chi connectivity index (χ1) is 12.3. The maximum atomic E-state index is 12.8. The zero-order valence-corrected chi connectivity index (χ0v) is 14.1. The standard InChI is InChI=1S/C21H21N3O/c25-21(23-14-5-2-6-15-23)18-10-7-11-19(16-18)24-20(12-13-22-24)17-8-3-1-4-9-17/h1,3-4,7-13,16H,2,5-6,14-15H2. The second-order valence-electron chi connectivity index (χ2n) is 6.40. The predicted octanol–water partition coefficient (Wildman–Crippen LogP) is 4.17. The van der Waals surface area contributed by atoms with Crippen LogP contribution in [-0.2, 0) is 0 Å². The molecule has 0 bridgehead atoms. The Bertz CT molecular complexity index is 864. The van der Waals surface area contributed by atoms with Crippen LogP contribution in [0.3, 0.4) is 0 Å². The molecule has 1 amide bonds. The van der Waals surface area contributed by atoms with E-state index in [1.54, 1.807) is 6.20 Å². The second kappa shape index (κ2) is 6.93. The maximum absolute atomic E-state index is 12.8. The van der Waals surface area contributed by atoms with E-state index >= 15 is 0 Å². The zero-order valence-electron chi connectivity index (χ0n) is 14.1. The van der Waals surface area contributed by atoms with Crippen LogP contribution in [0.4, 0.5) is 0 Å². The summed E-state index contributed by atoms with van der Waals surface area (Å²) >= 11 is 0. The molecule has 0 saturated carbocycles. The van der Waals surface area contributed by atoms with Gasteiger partial charge in [0.2, 0.25) is 0 Å². The van der Waals surface area contributed by atoms with Gasteiger partial charge in [-0.15, -0.1) is 0 Å². The Hall–Kier alpha value is -2.88. The van der Waals surface area contributed by atoms with Crippen molar-refractivity contribution >= 4 is 5.91 Å². The van der Waals surface area contributed by atoms with Crippen molar-refractivity contribution in [2.75, 3.05) is 13.1 Å². The summed E-state index contributed by atoms with van der Waals surface area (Å²) in [6.45, 7) is 1.72. The lowest BCUT2D eigenvalue weighted by molar-refractivity contribution is 0.0724. The molecule has 1 saturated heterocycles. The normalized spacial score (nSPS) is 14.5. The molecular formula is C21H21N3O. The van der Waals surface area contributed by atoms with Gasteiger partial charge in [-0.1, -0.05) is 36.4 Å². The van der Waals surface area contributed by atoms with Crippen LogP contribution in [0.5, 0.6) is 0 Å². The van der Waals surface area contributed by atoms with E-state index in [1.165, 1.54) is 6.42 Å². The van der Waals surface area contributed by atoms with Crippen LogP contribution in [0.1, 0.15) is 29.6 Å². The summed E-state index contributed by atoms with van der Waals surface area (Å²) in [6, 6.07) is 19.9. The summed E-state index contributed by atoms with van der Waals surface area (Å²) in [6.07, 6.45) is 5.21. The Morgan fingerprint density at radius 1 is 0.880 bits per heavy atom. The molecular weight excluding hydrogens is 310 g/mol. The van der Waals surface area contributed by atoms with Crippen molar-refractivity contribution in [1.82, 2.24) is 14.7 Å². The van der Waals surface area contributed by atoms with Crippen LogP contribution < -0.4 is 0 Å². The molecule has 1 aliphatic rings. The SMILES string of the molecule is O=C(c1cccc(-n2nccc2-c2ccccc2)c1)N1CCCCC1. The summed E-state index contributed by atoms with van der Waals surface area (Å²) in [5, 5.41) is 4.47. The molecule has 2 aromatic carbocycles. The molecule has 1 fully saturated rings. The first-order valence-electron chi connectivity index (χ1n) is 8.82. The highest BCUT2D eigenvalue weighted by Crippen LogP contribution is 2.23. The molecule has 3 aromatic rings. The summed E-state index contributed by atoms with van der Waals surface area (Å²) in [5.74, 6) is 0.120. The Morgan fingerprint density at radius 3 is 2.48 bits per heavy atom. The number of carbonyl (C=O) groups excluding carboxylic acids is 1. The number of amides is 1. The van der Waals surface area contributed by atoms with Crippen molar-refractivity contribution in [1.29, 1.82) is 0 Å². The number of nitrogens with zero attached hydrogens (tertiary/aromatic N) is 3. The Balaban J connectivity index is 1.67. The molecule has 126 valence electrons. The largest absolute Gasteiger partial charge is 0.339 e. The zero-order chi connectivity index (χ0) is 17.1. The Kier molecular flexibility index (Phi) is 4.34. The van der Waals surface area contributed by atoms with Gasteiger partial charge in [0.1, 0.15) is 0 Å². The quantitative estimate of drug-likeness (QED) is 0.722. The van der Waals surface area contributed by atoms with Crippen LogP contribution in [-0.4, -0.2) is 33.7 Å². The topological polar surface area (TPSA) is 38.1 Å². The molecule has 2 heterocycles. The molecule has 0 aliphatic carbocycles. The van der Waals surface area contributed by atoms with Gasteiger partial charge in [0.15, 0.2) is 0 Å². The molecule has 4 nitrogen and oxygen atoms in total. The summed E-state index contributed by atoms with van der Waals surface area (Å²) < 4.78 is 1.89. The van der Waals surface area contributed by atoms with E-state index in [0.29, 0.717) is 0 Å². The van der Waals surface area contributed by atoms with E-state index < -0.39 is 0 Å². The predicted molar refractivity (Wildman–Crippen MR) is 98.8 cm³/mol. The van der Waals surface area contributed by atoms with E-state index in [1.807, 2.05) is 58.1 Å². The lowest BCUT2D eigenvalue weighted by Crippen LogP contribution is -2.35. The number of likely N-dealkylation sites (tertiary alicyclic amines) is 1. The highest BCUT2D eigenvalue weighted by atomic mass is 16.2. The summed E-state index contributed by atoms with van der Waals surface area (Å²) in [5.41, 5.74) is 3.76. The first kappa shape index (κ1) is 15.6. The highest BCUT2D eigenvalue weighted by molar-refractivity contribution is 5.94. The van der Waals surface area contributed by atoms with Gasteiger partial charge in [-0.05, 0) is 43.5 Å². The van der Waals surface area contributed by atoms with Gasteiger partial charge in [0.25, 0.3) is 5.91 Å². The van der Waals surface area contributed by atoms with Gasteiger partial charge in [-0.2, -0.15) is 5.10 Å². The number of piperidine rings is 1. The van der Waals surface area contributed by atoms with Crippen LogP contribution in [0, 0.1) is 0 Å². The molecule has 1 aromatic heterocycles. The lowest BCUT2D eigenvalue weighted by atomic mass is 10.1. The molecule has 0 atom stereocenters. The highest BCUT2D eigenvalue weighted by Gasteiger charge is 2.18. The van der Waals surface area contributed by atoms with Gasteiger partial charge in [-0.25, -0.2) is 4.68 Å². The van der Waals surface area contributed by atoms with Crippen molar-refractivity contribution in [3.63, 3.8) is 0 Å². The second-order valence-corrected chi connectivity index (χ2v) is 6.40. The Labute approximate surface area is 147 Å². The van der Waals surface area contributed by atoms with E-state index in [0.717, 1.165) is 48.4 Å². The minimum absolute atomic E-state index is 0.120. The van der Waals surface area contributed by atoms with E-state index in [2.05, 4.69) is 17.2 Å². The third-order valence-electron chi connectivity index (χ3n) is 4.69. The lowest BCUT2D eigenvalue weighted by Gasteiger charge is -2.26. The van der Waals surface area contributed by atoms with Crippen molar-refractivity contribution in [3.8, 4) is 16.9 Å². The fourth-order valence-electron chi connectivity index (χ4n) is 3.39. The molecule has 0 spiro atoms. The van der Waals surface area contributed by atoms with Crippen molar-refractivity contribution in [2.24, 2.45) is 0 Å². The molecule has 25 heavy (non-hydrogen) atoms. The first-order valence-corrected chi connectivity index (χ1v) is 8.82. The van der Waals surface area contributed by atoms with E-state index in [4.69, 9.17) is 0 Å². The average Bonchev–Trinajstić information content (AvgIpc) is 3.19. The van der Waals surface area contributed by atoms with Gasteiger partial charge >= 0.3 is 0 Å². The molecule has 0 unspecified atom stereocenters. The molecule has 4 heteroatoms. The number of hydrogen-bond donors (Lipinski definition) is 0.